The highest BCUT2D eigenvalue weighted by Crippen LogP contribution is 2.12. The quantitative estimate of drug-likeness (QED) is 0.273. The van der Waals surface area contributed by atoms with Gasteiger partial charge >= 0.3 is 5.97 Å². The Morgan fingerprint density at radius 1 is 1.00 bits per heavy atom. The van der Waals surface area contributed by atoms with Gasteiger partial charge in [-0.3, -0.25) is 4.79 Å². The number of carboxylic acids is 1. The average molecular weight is 360 g/mol. The topological polar surface area (TPSA) is 86.7 Å². The van der Waals surface area contributed by atoms with Crippen LogP contribution in [0.1, 0.15) is 71.1 Å². The van der Waals surface area contributed by atoms with Crippen molar-refractivity contribution in [3.05, 3.63) is 0 Å². The SMILES string of the molecule is CC(O)CCCCCCCCCC(=O)OC(CC(=O)[O-])C[N+](C)(C)C. The maximum atomic E-state index is 11.9. The molecule has 0 aliphatic rings. The number of aliphatic carboxylic acids is 1. The minimum absolute atomic E-state index is 0.205. The highest BCUT2D eigenvalue weighted by molar-refractivity contribution is 5.70. The van der Waals surface area contributed by atoms with Crippen LogP contribution in [0.3, 0.4) is 0 Å². The first-order valence-electron chi connectivity index (χ1n) is 9.48. The van der Waals surface area contributed by atoms with Gasteiger partial charge in [-0.05, 0) is 19.8 Å². The van der Waals surface area contributed by atoms with Crippen molar-refractivity contribution in [1.82, 2.24) is 0 Å². The Balaban J connectivity index is 3.80. The molecule has 6 nitrogen and oxygen atoms in total. The van der Waals surface area contributed by atoms with E-state index in [1.165, 1.54) is 0 Å². The lowest BCUT2D eigenvalue weighted by Gasteiger charge is -2.29. The van der Waals surface area contributed by atoms with Gasteiger partial charge < -0.3 is 24.2 Å². The summed E-state index contributed by atoms with van der Waals surface area (Å²) in [5.41, 5.74) is 0. The minimum atomic E-state index is -1.19. The zero-order valence-electron chi connectivity index (χ0n) is 16.5. The van der Waals surface area contributed by atoms with Crippen molar-refractivity contribution in [3.63, 3.8) is 0 Å². The molecule has 25 heavy (non-hydrogen) atoms. The third-order valence-corrected chi connectivity index (χ3v) is 3.95. The highest BCUT2D eigenvalue weighted by atomic mass is 16.5. The maximum absolute atomic E-state index is 11.9. The van der Waals surface area contributed by atoms with E-state index < -0.39 is 12.1 Å². The number of likely N-dealkylation sites (N-methyl/N-ethyl adjacent to an activating group) is 1. The van der Waals surface area contributed by atoms with Crippen LogP contribution in [-0.4, -0.2) is 61.4 Å². The van der Waals surface area contributed by atoms with Crippen molar-refractivity contribution < 1.29 is 29.0 Å². The van der Waals surface area contributed by atoms with Gasteiger partial charge in [-0.15, -0.1) is 0 Å². The lowest BCUT2D eigenvalue weighted by Crippen LogP contribution is -2.45. The van der Waals surface area contributed by atoms with E-state index in [1.54, 1.807) is 0 Å². The van der Waals surface area contributed by atoms with Crippen molar-refractivity contribution in [2.75, 3.05) is 27.7 Å². The van der Waals surface area contributed by atoms with Gasteiger partial charge in [-0.1, -0.05) is 38.5 Å². The van der Waals surface area contributed by atoms with Crippen LogP contribution in [0, 0.1) is 0 Å². The fourth-order valence-corrected chi connectivity index (χ4v) is 2.78. The summed E-state index contributed by atoms with van der Waals surface area (Å²) in [5, 5.41) is 20.0. The molecule has 0 fully saturated rings. The van der Waals surface area contributed by atoms with Crippen LogP contribution < -0.4 is 5.11 Å². The van der Waals surface area contributed by atoms with Crippen molar-refractivity contribution >= 4 is 11.9 Å². The van der Waals surface area contributed by atoms with E-state index in [1.807, 2.05) is 28.1 Å². The molecule has 1 N–H and O–H groups in total. The molecular weight excluding hydrogens is 322 g/mol. The molecule has 0 saturated carbocycles. The fraction of sp³-hybridized carbons (Fsp3) is 0.895. The van der Waals surface area contributed by atoms with Crippen LogP contribution in [0.5, 0.6) is 0 Å². The number of nitrogens with zero attached hydrogens (tertiary/aromatic N) is 1. The second kappa shape index (κ2) is 13.1. The van der Waals surface area contributed by atoms with Crippen LogP contribution in [0.15, 0.2) is 0 Å². The molecule has 2 atom stereocenters. The minimum Gasteiger partial charge on any atom is -0.550 e. The second-order valence-corrected chi connectivity index (χ2v) is 8.02. The molecule has 0 aromatic rings. The summed E-state index contributed by atoms with van der Waals surface area (Å²) < 4.78 is 5.85. The van der Waals surface area contributed by atoms with Gasteiger partial charge in [0.25, 0.3) is 0 Å². The molecule has 6 heteroatoms. The smallest absolute Gasteiger partial charge is 0.306 e. The van der Waals surface area contributed by atoms with E-state index in [2.05, 4.69) is 0 Å². The molecule has 148 valence electrons. The Morgan fingerprint density at radius 2 is 1.52 bits per heavy atom. The number of unbranched alkanes of at least 4 members (excludes halogenated alkanes) is 6. The summed E-state index contributed by atoms with van der Waals surface area (Å²) in [6, 6.07) is 0. The number of quaternary nitrogens is 1. The van der Waals surface area contributed by atoms with E-state index in [9.17, 15) is 14.7 Å². The molecule has 0 rings (SSSR count). The highest BCUT2D eigenvalue weighted by Gasteiger charge is 2.22. The lowest BCUT2D eigenvalue weighted by atomic mass is 10.1. The van der Waals surface area contributed by atoms with Crippen LogP contribution in [0.2, 0.25) is 0 Å². The van der Waals surface area contributed by atoms with Crippen molar-refractivity contribution in [3.8, 4) is 0 Å². The Morgan fingerprint density at radius 3 is 2.00 bits per heavy atom. The van der Waals surface area contributed by atoms with Gasteiger partial charge in [0.05, 0.1) is 27.2 Å². The summed E-state index contributed by atoms with van der Waals surface area (Å²) in [5.74, 6) is -1.52. The standard InChI is InChI=1S/C19H37NO5/c1-16(21)12-10-8-6-5-7-9-11-13-19(24)25-17(14-18(22)23)15-20(2,3)4/h16-17,21H,5-15H2,1-4H3. The third-order valence-electron chi connectivity index (χ3n) is 3.95. The number of rotatable bonds is 15. The molecule has 0 aliphatic carbocycles. The number of esters is 1. The average Bonchev–Trinajstić information content (AvgIpc) is 2.42. The number of carboxylic acid groups (broad SMARTS) is 1. The molecule has 0 heterocycles. The van der Waals surface area contributed by atoms with Gasteiger partial charge in [-0.25, -0.2) is 0 Å². The third kappa shape index (κ3) is 17.5. The molecule has 0 bridgehead atoms. The molecule has 2 unspecified atom stereocenters. The predicted octanol–water partition coefficient (Wildman–Crippen LogP) is 1.64. The van der Waals surface area contributed by atoms with Gasteiger partial charge in [-0.2, -0.15) is 0 Å². The van der Waals surface area contributed by atoms with Crippen LogP contribution in [0.25, 0.3) is 0 Å². The van der Waals surface area contributed by atoms with Crippen LogP contribution in [0.4, 0.5) is 0 Å². The van der Waals surface area contributed by atoms with Crippen LogP contribution >= 0.6 is 0 Å². The van der Waals surface area contributed by atoms with E-state index in [0.717, 1.165) is 51.4 Å². The number of aliphatic hydroxyl groups excluding tert-OH is 1. The number of hydrogen-bond donors (Lipinski definition) is 1. The molecule has 0 radical (unpaired) electrons. The monoisotopic (exact) mass is 359 g/mol. The Bertz CT molecular complexity index is 377. The summed E-state index contributed by atoms with van der Waals surface area (Å²) >= 11 is 0. The van der Waals surface area contributed by atoms with Gasteiger partial charge in [0.1, 0.15) is 6.54 Å². The first-order chi connectivity index (χ1) is 11.6. The van der Waals surface area contributed by atoms with Gasteiger partial charge in [0.15, 0.2) is 6.10 Å². The van der Waals surface area contributed by atoms with E-state index in [0.29, 0.717) is 17.4 Å². The number of carbonyl (C=O) groups is 2. The fourth-order valence-electron chi connectivity index (χ4n) is 2.78. The first-order valence-corrected chi connectivity index (χ1v) is 9.48. The Hall–Kier alpha value is -1.14. The molecule has 0 amide bonds. The Kier molecular flexibility index (Phi) is 12.5. The second-order valence-electron chi connectivity index (χ2n) is 8.02. The Labute approximate surface area is 152 Å². The van der Waals surface area contributed by atoms with Crippen LogP contribution in [-0.2, 0) is 14.3 Å². The molecule has 0 aliphatic heterocycles. The zero-order valence-corrected chi connectivity index (χ0v) is 16.5. The summed E-state index contributed by atoms with van der Waals surface area (Å²) in [4.78, 5) is 22.7. The van der Waals surface area contributed by atoms with Crippen molar-refractivity contribution in [2.45, 2.75) is 83.3 Å². The normalized spacial score (nSPS) is 14.1. The molecule has 0 aromatic heterocycles. The maximum Gasteiger partial charge on any atom is 0.306 e. The van der Waals surface area contributed by atoms with E-state index in [-0.39, 0.29) is 18.5 Å². The molecule has 0 spiro atoms. The largest absolute Gasteiger partial charge is 0.550 e. The molecule has 0 aromatic carbocycles. The van der Waals surface area contributed by atoms with E-state index >= 15 is 0 Å². The molecular formula is C19H37NO5. The zero-order chi connectivity index (χ0) is 19.3. The van der Waals surface area contributed by atoms with Crippen molar-refractivity contribution in [2.24, 2.45) is 0 Å². The number of hydrogen-bond acceptors (Lipinski definition) is 5. The summed E-state index contributed by atoms with van der Waals surface area (Å²) in [7, 11) is 5.78. The number of aliphatic hydroxyl groups is 1. The number of ether oxygens (including phenoxy) is 1. The number of carbonyl (C=O) groups excluding carboxylic acids is 2. The predicted molar refractivity (Wildman–Crippen MR) is 95.6 cm³/mol. The van der Waals surface area contributed by atoms with Gasteiger partial charge in [0.2, 0.25) is 0 Å². The van der Waals surface area contributed by atoms with Gasteiger partial charge in [0, 0.05) is 18.8 Å². The summed E-state index contributed by atoms with van der Waals surface area (Å²) in [6.45, 7) is 2.27. The lowest BCUT2D eigenvalue weighted by molar-refractivity contribution is -0.873. The summed E-state index contributed by atoms with van der Waals surface area (Å²) in [6.07, 6.45) is 7.46. The molecule has 0 saturated heterocycles. The van der Waals surface area contributed by atoms with Crippen molar-refractivity contribution in [1.29, 1.82) is 0 Å². The first kappa shape index (κ1) is 23.9. The van der Waals surface area contributed by atoms with E-state index in [4.69, 9.17) is 9.84 Å².